The molecule has 1 saturated heterocycles. The minimum atomic E-state index is -4.52. The van der Waals surface area contributed by atoms with E-state index < -0.39 is 23.2 Å². The smallest absolute Gasteiger partial charge is 0.371 e. The lowest BCUT2D eigenvalue weighted by Gasteiger charge is -2.35. The van der Waals surface area contributed by atoms with Crippen molar-refractivity contribution in [2.75, 3.05) is 18.0 Å². The SMILES string of the molecule is FC(F)(F)c1cc(N2CCCC3(C2)CC3(F)F)ccn1. The van der Waals surface area contributed by atoms with Crippen molar-refractivity contribution >= 4 is 5.69 Å². The van der Waals surface area contributed by atoms with E-state index >= 15 is 0 Å². The van der Waals surface area contributed by atoms with Crippen molar-refractivity contribution in [3.05, 3.63) is 24.0 Å². The van der Waals surface area contributed by atoms with Crippen LogP contribution in [0.4, 0.5) is 27.6 Å². The number of piperidine rings is 1. The first-order chi connectivity index (χ1) is 9.24. The largest absolute Gasteiger partial charge is 0.433 e. The minimum Gasteiger partial charge on any atom is -0.371 e. The first kappa shape index (κ1) is 13.6. The van der Waals surface area contributed by atoms with Crippen LogP contribution >= 0.6 is 0 Å². The second kappa shape index (κ2) is 4.05. The Balaban J connectivity index is 1.83. The summed E-state index contributed by atoms with van der Waals surface area (Å²) in [6.45, 7) is 0.612. The maximum absolute atomic E-state index is 13.4. The van der Waals surface area contributed by atoms with Gasteiger partial charge in [0.25, 0.3) is 5.92 Å². The molecule has 20 heavy (non-hydrogen) atoms. The first-order valence-electron chi connectivity index (χ1n) is 6.40. The van der Waals surface area contributed by atoms with Crippen molar-refractivity contribution in [1.82, 2.24) is 4.98 Å². The first-order valence-corrected chi connectivity index (χ1v) is 6.40. The number of halogens is 5. The zero-order valence-corrected chi connectivity index (χ0v) is 10.6. The van der Waals surface area contributed by atoms with Crippen molar-refractivity contribution < 1.29 is 22.0 Å². The molecule has 1 aliphatic carbocycles. The summed E-state index contributed by atoms with van der Waals surface area (Å²) in [6.07, 6.45) is -2.60. The van der Waals surface area contributed by atoms with Gasteiger partial charge in [0.15, 0.2) is 0 Å². The lowest BCUT2D eigenvalue weighted by atomic mass is 9.94. The van der Waals surface area contributed by atoms with E-state index in [1.54, 1.807) is 4.90 Å². The summed E-state index contributed by atoms with van der Waals surface area (Å²) in [6, 6.07) is 2.37. The molecule has 2 heterocycles. The van der Waals surface area contributed by atoms with Gasteiger partial charge in [0, 0.05) is 31.4 Å². The van der Waals surface area contributed by atoms with Crippen molar-refractivity contribution in [3.8, 4) is 0 Å². The fourth-order valence-corrected chi connectivity index (χ4v) is 2.95. The van der Waals surface area contributed by atoms with E-state index in [0.717, 1.165) is 12.3 Å². The van der Waals surface area contributed by atoms with Crippen molar-refractivity contribution in [2.45, 2.75) is 31.4 Å². The number of rotatable bonds is 1. The van der Waals surface area contributed by atoms with Gasteiger partial charge in [0.05, 0.1) is 5.41 Å². The normalized spacial score (nSPS) is 28.8. The van der Waals surface area contributed by atoms with Crippen LogP contribution in [0.3, 0.4) is 0 Å². The van der Waals surface area contributed by atoms with Crippen LogP contribution in [0, 0.1) is 5.41 Å². The topological polar surface area (TPSA) is 16.1 Å². The second-order valence-electron chi connectivity index (χ2n) is 5.58. The summed E-state index contributed by atoms with van der Waals surface area (Å²) < 4.78 is 64.7. The summed E-state index contributed by atoms with van der Waals surface area (Å²) in [5.41, 5.74) is -1.71. The Hall–Kier alpha value is -1.40. The molecule has 1 aromatic heterocycles. The van der Waals surface area contributed by atoms with E-state index in [0.29, 0.717) is 25.1 Å². The van der Waals surface area contributed by atoms with E-state index in [1.807, 2.05) is 0 Å². The van der Waals surface area contributed by atoms with Gasteiger partial charge < -0.3 is 4.90 Å². The van der Waals surface area contributed by atoms with Gasteiger partial charge in [0.2, 0.25) is 0 Å². The number of aromatic nitrogens is 1. The van der Waals surface area contributed by atoms with Crippen LogP contribution in [0.1, 0.15) is 25.0 Å². The Labute approximate surface area is 112 Å². The number of anilines is 1. The molecule has 1 unspecified atom stereocenters. The highest BCUT2D eigenvalue weighted by Gasteiger charge is 2.71. The molecular formula is C13H13F5N2. The third kappa shape index (κ3) is 2.13. The maximum Gasteiger partial charge on any atom is 0.433 e. The van der Waals surface area contributed by atoms with Gasteiger partial charge >= 0.3 is 6.18 Å². The van der Waals surface area contributed by atoms with E-state index in [9.17, 15) is 22.0 Å². The molecule has 7 heteroatoms. The van der Waals surface area contributed by atoms with Gasteiger partial charge in [-0.15, -0.1) is 0 Å². The lowest BCUT2D eigenvalue weighted by Crippen LogP contribution is -2.39. The Bertz CT molecular complexity index is 528. The van der Waals surface area contributed by atoms with E-state index in [-0.39, 0.29) is 13.0 Å². The molecule has 0 bridgehead atoms. The van der Waals surface area contributed by atoms with Crippen molar-refractivity contribution in [1.29, 1.82) is 0 Å². The Morgan fingerprint density at radius 1 is 1.25 bits per heavy atom. The van der Waals surface area contributed by atoms with Crippen LogP contribution in [0.15, 0.2) is 18.3 Å². The highest BCUT2D eigenvalue weighted by Crippen LogP contribution is 2.64. The average molecular weight is 292 g/mol. The molecule has 0 radical (unpaired) electrons. The predicted octanol–water partition coefficient (Wildman–Crippen LogP) is 3.73. The van der Waals surface area contributed by atoms with E-state index in [2.05, 4.69) is 4.98 Å². The monoisotopic (exact) mass is 292 g/mol. The highest BCUT2D eigenvalue weighted by molar-refractivity contribution is 5.48. The molecule has 110 valence electrons. The number of hydrogen-bond acceptors (Lipinski definition) is 2. The van der Waals surface area contributed by atoms with Crippen LogP contribution in [0.25, 0.3) is 0 Å². The standard InChI is InChI=1S/C13H13F5N2/c14-12(15)7-11(12)3-1-5-20(8-11)9-2-4-19-10(6-9)13(16,17)18/h2,4,6H,1,3,5,7-8H2. The number of nitrogens with zero attached hydrogens (tertiary/aromatic N) is 2. The molecule has 0 amide bonds. The third-order valence-electron chi connectivity index (χ3n) is 4.19. The van der Waals surface area contributed by atoms with Gasteiger partial charge in [-0.25, -0.2) is 8.78 Å². The van der Waals surface area contributed by atoms with Crippen LogP contribution in [-0.2, 0) is 6.18 Å². The second-order valence-corrected chi connectivity index (χ2v) is 5.58. The van der Waals surface area contributed by atoms with Crippen LogP contribution in [-0.4, -0.2) is 24.0 Å². The van der Waals surface area contributed by atoms with Gasteiger partial charge in [-0.3, -0.25) is 4.98 Å². The molecule has 0 aromatic carbocycles. The fraction of sp³-hybridized carbons (Fsp3) is 0.615. The summed E-state index contributed by atoms with van der Waals surface area (Å²) in [4.78, 5) is 4.90. The van der Waals surface area contributed by atoms with E-state index in [1.165, 1.54) is 6.07 Å². The van der Waals surface area contributed by atoms with Gasteiger partial charge in [-0.1, -0.05) is 0 Å². The Morgan fingerprint density at radius 3 is 2.55 bits per heavy atom. The summed E-state index contributed by atoms with van der Waals surface area (Å²) in [5, 5.41) is 0. The molecule has 1 aromatic rings. The third-order valence-corrected chi connectivity index (χ3v) is 4.19. The summed E-state index contributed by atoms with van der Waals surface area (Å²) >= 11 is 0. The van der Waals surface area contributed by atoms with Gasteiger partial charge in [-0.2, -0.15) is 13.2 Å². The molecule has 2 nitrogen and oxygen atoms in total. The van der Waals surface area contributed by atoms with Crippen LogP contribution in [0.5, 0.6) is 0 Å². The molecule has 1 aliphatic heterocycles. The molecule has 1 atom stereocenters. The minimum absolute atomic E-state index is 0.112. The van der Waals surface area contributed by atoms with Crippen LogP contribution < -0.4 is 4.90 Å². The fourth-order valence-electron chi connectivity index (χ4n) is 2.95. The average Bonchev–Trinajstić information content (AvgIpc) is 2.88. The number of alkyl halides is 5. The zero-order valence-electron chi connectivity index (χ0n) is 10.6. The quantitative estimate of drug-likeness (QED) is 0.733. The zero-order chi connectivity index (χ0) is 14.6. The van der Waals surface area contributed by atoms with Gasteiger partial charge in [0.1, 0.15) is 5.69 Å². The van der Waals surface area contributed by atoms with Crippen LogP contribution in [0.2, 0.25) is 0 Å². The molecule has 1 saturated carbocycles. The highest BCUT2D eigenvalue weighted by atomic mass is 19.4. The van der Waals surface area contributed by atoms with E-state index in [4.69, 9.17) is 0 Å². The van der Waals surface area contributed by atoms with Crippen molar-refractivity contribution in [2.24, 2.45) is 5.41 Å². The van der Waals surface area contributed by atoms with Gasteiger partial charge in [-0.05, 0) is 25.0 Å². The predicted molar refractivity (Wildman–Crippen MR) is 62.7 cm³/mol. The Kier molecular flexibility index (Phi) is 2.75. The lowest BCUT2D eigenvalue weighted by molar-refractivity contribution is -0.141. The summed E-state index contributed by atoms with van der Waals surface area (Å²) in [5.74, 6) is -2.68. The maximum atomic E-state index is 13.4. The van der Waals surface area contributed by atoms with Crippen molar-refractivity contribution in [3.63, 3.8) is 0 Å². The molecule has 2 aliphatic rings. The molecule has 0 N–H and O–H groups in total. The summed E-state index contributed by atoms with van der Waals surface area (Å²) in [7, 11) is 0. The number of hydrogen-bond donors (Lipinski definition) is 0. The Morgan fingerprint density at radius 2 is 1.95 bits per heavy atom. The molecule has 3 rings (SSSR count). The molecule has 1 spiro atoms. The molecular weight excluding hydrogens is 279 g/mol. The number of pyridine rings is 1. The molecule has 2 fully saturated rings.